The van der Waals surface area contributed by atoms with Gasteiger partial charge in [-0.15, -0.1) is 0 Å². The molecule has 2 atom stereocenters. The van der Waals surface area contributed by atoms with Crippen molar-refractivity contribution in [3.63, 3.8) is 0 Å². The summed E-state index contributed by atoms with van der Waals surface area (Å²) in [6.07, 6.45) is 3.67. The van der Waals surface area contributed by atoms with Gasteiger partial charge in [-0.2, -0.15) is 0 Å². The molecule has 0 aromatic heterocycles. The van der Waals surface area contributed by atoms with Gasteiger partial charge in [-0.05, 0) is 39.3 Å². The molecule has 2 aliphatic rings. The molecule has 0 aromatic carbocycles. The van der Waals surface area contributed by atoms with Crippen molar-refractivity contribution in [3.8, 4) is 0 Å². The van der Waals surface area contributed by atoms with E-state index < -0.39 is 0 Å². The van der Waals surface area contributed by atoms with Gasteiger partial charge in [0.1, 0.15) is 5.78 Å². The Morgan fingerprint density at radius 2 is 2.18 bits per heavy atom. The molecule has 0 spiro atoms. The van der Waals surface area contributed by atoms with E-state index in [0.717, 1.165) is 13.0 Å². The highest BCUT2D eigenvalue weighted by atomic mass is 16.1. The molecule has 2 fully saturated rings. The van der Waals surface area contributed by atoms with Crippen molar-refractivity contribution in [3.05, 3.63) is 0 Å². The van der Waals surface area contributed by atoms with Crippen LogP contribution in [0.25, 0.3) is 0 Å². The molecule has 62 valence electrons. The Hall–Kier alpha value is -0.370. The van der Waals surface area contributed by atoms with Gasteiger partial charge in [0.05, 0.1) is 0 Å². The zero-order chi connectivity index (χ0) is 7.84. The SMILES string of the molecule is CC(=O)[C@@H]1CCN2CCCC12. The maximum atomic E-state index is 11.2. The minimum Gasteiger partial charge on any atom is -0.300 e. The molecule has 2 heterocycles. The third-order valence-electron chi connectivity index (χ3n) is 3.13. The molecule has 0 N–H and O–H groups in total. The largest absolute Gasteiger partial charge is 0.300 e. The normalized spacial score (nSPS) is 37.5. The van der Waals surface area contributed by atoms with E-state index in [0.29, 0.717) is 17.7 Å². The second-order valence-corrected chi connectivity index (χ2v) is 3.75. The Labute approximate surface area is 67.6 Å². The summed E-state index contributed by atoms with van der Waals surface area (Å²) in [4.78, 5) is 13.6. The Balaban J connectivity index is 2.08. The lowest BCUT2D eigenvalue weighted by atomic mass is 9.95. The van der Waals surface area contributed by atoms with Gasteiger partial charge in [-0.25, -0.2) is 0 Å². The fourth-order valence-corrected chi connectivity index (χ4v) is 2.56. The van der Waals surface area contributed by atoms with E-state index in [1.807, 2.05) is 0 Å². The van der Waals surface area contributed by atoms with Crippen LogP contribution in [0.3, 0.4) is 0 Å². The van der Waals surface area contributed by atoms with Gasteiger partial charge in [0, 0.05) is 12.0 Å². The minimum absolute atomic E-state index is 0.373. The quantitative estimate of drug-likeness (QED) is 0.561. The van der Waals surface area contributed by atoms with Gasteiger partial charge in [-0.3, -0.25) is 9.69 Å². The molecule has 0 aliphatic carbocycles. The molecule has 0 saturated carbocycles. The van der Waals surface area contributed by atoms with Crippen LogP contribution in [0.15, 0.2) is 0 Å². The first kappa shape index (κ1) is 7.29. The van der Waals surface area contributed by atoms with E-state index in [1.54, 1.807) is 6.92 Å². The van der Waals surface area contributed by atoms with Crippen LogP contribution in [0.4, 0.5) is 0 Å². The Kier molecular flexibility index (Phi) is 1.72. The van der Waals surface area contributed by atoms with Crippen LogP contribution in [0.2, 0.25) is 0 Å². The summed E-state index contributed by atoms with van der Waals surface area (Å²) >= 11 is 0. The smallest absolute Gasteiger partial charge is 0.134 e. The summed E-state index contributed by atoms with van der Waals surface area (Å²) in [6, 6.07) is 0.618. The molecule has 0 amide bonds. The second kappa shape index (κ2) is 2.59. The number of rotatable bonds is 1. The highest BCUT2D eigenvalue weighted by Gasteiger charge is 2.38. The summed E-state index contributed by atoms with van der Waals surface area (Å²) in [7, 11) is 0. The molecule has 11 heavy (non-hydrogen) atoms. The van der Waals surface area contributed by atoms with Crippen molar-refractivity contribution in [2.75, 3.05) is 13.1 Å². The van der Waals surface area contributed by atoms with E-state index in [-0.39, 0.29) is 0 Å². The molecule has 2 saturated heterocycles. The number of fused-ring (bicyclic) bond motifs is 1. The van der Waals surface area contributed by atoms with Gasteiger partial charge < -0.3 is 0 Å². The van der Waals surface area contributed by atoms with Crippen molar-refractivity contribution in [1.29, 1.82) is 0 Å². The summed E-state index contributed by atoms with van der Waals surface area (Å²) in [5, 5.41) is 0. The minimum atomic E-state index is 0.373. The van der Waals surface area contributed by atoms with Crippen LogP contribution in [0.5, 0.6) is 0 Å². The summed E-state index contributed by atoms with van der Waals surface area (Å²) < 4.78 is 0. The Bertz CT molecular complexity index is 178. The van der Waals surface area contributed by atoms with Crippen LogP contribution in [-0.2, 0) is 4.79 Å². The number of hydrogen-bond acceptors (Lipinski definition) is 2. The summed E-state index contributed by atoms with van der Waals surface area (Å²) in [6.45, 7) is 4.13. The molecular formula is C9H15NO. The van der Waals surface area contributed by atoms with Crippen LogP contribution >= 0.6 is 0 Å². The highest BCUT2D eigenvalue weighted by Crippen LogP contribution is 2.32. The lowest BCUT2D eigenvalue weighted by Gasteiger charge is -2.17. The van der Waals surface area contributed by atoms with Gasteiger partial charge in [0.25, 0.3) is 0 Å². The zero-order valence-corrected chi connectivity index (χ0v) is 7.05. The summed E-state index contributed by atoms with van der Waals surface area (Å²) in [5.41, 5.74) is 0. The number of hydrogen-bond donors (Lipinski definition) is 0. The van der Waals surface area contributed by atoms with Crippen molar-refractivity contribution >= 4 is 5.78 Å². The van der Waals surface area contributed by atoms with Gasteiger partial charge in [0.2, 0.25) is 0 Å². The van der Waals surface area contributed by atoms with Gasteiger partial charge >= 0.3 is 0 Å². The second-order valence-electron chi connectivity index (χ2n) is 3.75. The monoisotopic (exact) mass is 153 g/mol. The molecule has 2 aliphatic heterocycles. The Morgan fingerprint density at radius 3 is 2.91 bits per heavy atom. The first-order valence-corrected chi connectivity index (χ1v) is 4.53. The van der Waals surface area contributed by atoms with Crippen molar-refractivity contribution in [2.45, 2.75) is 32.2 Å². The first-order chi connectivity index (χ1) is 5.29. The van der Waals surface area contributed by atoms with E-state index in [9.17, 15) is 4.79 Å². The maximum Gasteiger partial charge on any atom is 0.134 e. The van der Waals surface area contributed by atoms with E-state index in [4.69, 9.17) is 0 Å². The fourth-order valence-electron chi connectivity index (χ4n) is 2.56. The average Bonchev–Trinajstić information content (AvgIpc) is 2.41. The highest BCUT2D eigenvalue weighted by molar-refractivity contribution is 5.79. The topological polar surface area (TPSA) is 20.3 Å². The molecule has 2 rings (SSSR count). The molecule has 0 radical (unpaired) electrons. The van der Waals surface area contributed by atoms with Crippen LogP contribution < -0.4 is 0 Å². The lowest BCUT2D eigenvalue weighted by molar-refractivity contribution is -0.121. The molecule has 2 nitrogen and oxygen atoms in total. The standard InChI is InChI=1S/C9H15NO/c1-7(11)8-4-6-10-5-2-3-9(8)10/h8-9H,2-6H2,1H3/t8-,9?/m0/s1. The number of carbonyl (C=O) groups excluding carboxylic acids is 1. The zero-order valence-electron chi connectivity index (χ0n) is 7.05. The maximum absolute atomic E-state index is 11.2. The molecule has 2 heteroatoms. The number of nitrogens with zero attached hydrogens (tertiary/aromatic N) is 1. The van der Waals surface area contributed by atoms with E-state index >= 15 is 0 Å². The van der Waals surface area contributed by atoms with Crippen LogP contribution in [0, 0.1) is 5.92 Å². The third-order valence-corrected chi connectivity index (χ3v) is 3.13. The van der Waals surface area contributed by atoms with Crippen LogP contribution in [-0.4, -0.2) is 29.8 Å². The van der Waals surface area contributed by atoms with Crippen molar-refractivity contribution < 1.29 is 4.79 Å². The predicted octanol–water partition coefficient (Wildman–Crippen LogP) is 1.06. The summed E-state index contributed by atoms with van der Waals surface area (Å²) in [5.74, 6) is 0.775. The number of Topliss-reactive ketones (excluding diaryl/α,β-unsaturated/α-hetero) is 1. The Morgan fingerprint density at radius 1 is 1.36 bits per heavy atom. The first-order valence-electron chi connectivity index (χ1n) is 4.53. The van der Waals surface area contributed by atoms with Crippen molar-refractivity contribution in [2.24, 2.45) is 5.92 Å². The van der Waals surface area contributed by atoms with Gasteiger partial charge in [-0.1, -0.05) is 0 Å². The van der Waals surface area contributed by atoms with Crippen molar-refractivity contribution in [1.82, 2.24) is 4.90 Å². The molecule has 0 aromatic rings. The lowest BCUT2D eigenvalue weighted by Crippen LogP contribution is -2.28. The van der Waals surface area contributed by atoms with Crippen LogP contribution in [0.1, 0.15) is 26.2 Å². The van der Waals surface area contributed by atoms with E-state index in [2.05, 4.69) is 4.90 Å². The average molecular weight is 153 g/mol. The third kappa shape index (κ3) is 1.09. The number of carbonyl (C=O) groups is 1. The predicted molar refractivity (Wildman–Crippen MR) is 43.4 cm³/mol. The molecule has 1 unspecified atom stereocenters. The van der Waals surface area contributed by atoms with E-state index in [1.165, 1.54) is 19.4 Å². The number of ketones is 1. The van der Waals surface area contributed by atoms with Gasteiger partial charge in [0.15, 0.2) is 0 Å². The molecular weight excluding hydrogens is 138 g/mol. The molecule has 0 bridgehead atoms. The fraction of sp³-hybridized carbons (Fsp3) is 0.889.